The van der Waals surface area contributed by atoms with Gasteiger partial charge in [-0.25, -0.2) is 4.98 Å². The molecular weight excluding hydrogens is 356 g/mol. The second-order valence-corrected chi connectivity index (χ2v) is 8.58. The van der Waals surface area contributed by atoms with Gasteiger partial charge >= 0.3 is 0 Å². The van der Waals surface area contributed by atoms with Crippen LogP contribution in [0.5, 0.6) is 0 Å². The summed E-state index contributed by atoms with van der Waals surface area (Å²) < 4.78 is 2.15. The van der Waals surface area contributed by atoms with E-state index in [-0.39, 0.29) is 5.91 Å². The minimum absolute atomic E-state index is 0.0450. The molecule has 6 heteroatoms. The molecule has 0 unspecified atom stereocenters. The summed E-state index contributed by atoms with van der Waals surface area (Å²) in [5.74, 6) is 0.817. The zero-order chi connectivity index (χ0) is 16.9. The number of hydrogen-bond donors (Lipinski definition) is 1. The first-order valence-electron chi connectivity index (χ1n) is 7.58. The third-order valence-electron chi connectivity index (χ3n) is 3.45. The van der Waals surface area contributed by atoms with Gasteiger partial charge in [-0.05, 0) is 43.5 Å². The molecule has 0 bridgehead atoms. The van der Waals surface area contributed by atoms with Gasteiger partial charge in [0.2, 0.25) is 5.91 Å². The first-order chi connectivity index (χ1) is 11.6. The number of amides is 1. The lowest BCUT2D eigenvalue weighted by atomic mass is 10.2. The molecule has 1 amide bonds. The van der Waals surface area contributed by atoms with Gasteiger partial charge in [0.05, 0.1) is 10.2 Å². The highest BCUT2D eigenvalue weighted by Crippen LogP contribution is 2.30. The van der Waals surface area contributed by atoms with Crippen LogP contribution in [0.3, 0.4) is 0 Å². The Morgan fingerprint density at radius 3 is 2.75 bits per heavy atom. The number of nitrogens with zero attached hydrogens (tertiary/aromatic N) is 1. The highest BCUT2D eigenvalue weighted by Gasteiger charge is 2.07. The van der Waals surface area contributed by atoms with Gasteiger partial charge in [0.1, 0.15) is 0 Å². The van der Waals surface area contributed by atoms with E-state index in [0.29, 0.717) is 6.42 Å². The van der Waals surface area contributed by atoms with E-state index in [1.54, 1.807) is 34.9 Å². The van der Waals surface area contributed by atoms with E-state index in [9.17, 15) is 4.79 Å². The standard InChI is InChI=1S/C18H18N2OS3/c1-12-3-6-14(7-4-12)23-10-9-17(21)19-13-5-8-15-16(11-13)24-18(20-15)22-2/h3-8,11H,9-10H2,1-2H3,(H,19,21). The molecule has 1 aromatic heterocycles. The number of thiazole rings is 1. The Balaban J connectivity index is 1.53. The van der Waals surface area contributed by atoms with Crippen LogP contribution in [-0.4, -0.2) is 22.9 Å². The lowest BCUT2D eigenvalue weighted by Crippen LogP contribution is -2.11. The lowest BCUT2D eigenvalue weighted by molar-refractivity contribution is -0.115. The van der Waals surface area contributed by atoms with Gasteiger partial charge in [0.15, 0.2) is 4.34 Å². The number of carbonyl (C=O) groups excluding carboxylic acids is 1. The molecule has 0 saturated carbocycles. The molecule has 1 heterocycles. The highest BCUT2D eigenvalue weighted by atomic mass is 32.2. The van der Waals surface area contributed by atoms with Crippen molar-refractivity contribution in [3.63, 3.8) is 0 Å². The van der Waals surface area contributed by atoms with Crippen molar-refractivity contribution in [1.82, 2.24) is 4.98 Å². The van der Waals surface area contributed by atoms with Crippen molar-refractivity contribution in [2.45, 2.75) is 22.6 Å². The molecule has 124 valence electrons. The summed E-state index contributed by atoms with van der Waals surface area (Å²) in [6.45, 7) is 2.07. The van der Waals surface area contributed by atoms with E-state index in [0.717, 1.165) is 26.0 Å². The SMILES string of the molecule is CSc1nc2ccc(NC(=O)CCSc3ccc(C)cc3)cc2s1. The molecule has 0 atom stereocenters. The van der Waals surface area contributed by atoms with Crippen LogP contribution in [0.15, 0.2) is 51.7 Å². The monoisotopic (exact) mass is 374 g/mol. The van der Waals surface area contributed by atoms with Gasteiger partial charge in [0, 0.05) is 22.8 Å². The molecule has 0 fully saturated rings. The van der Waals surface area contributed by atoms with Crippen molar-refractivity contribution in [2.24, 2.45) is 0 Å². The number of anilines is 1. The second-order valence-electron chi connectivity index (χ2n) is 5.33. The van der Waals surface area contributed by atoms with E-state index in [1.807, 2.05) is 24.5 Å². The molecule has 3 nitrogen and oxygen atoms in total. The Hall–Kier alpha value is -1.50. The highest BCUT2D eigenvalue weighted by molar-refractivity contribution is 8.00. The fraction of sp³-hybridized carbons (Fsp3) is 0.222. The molecule has 1 N–H and O–H groups in total. The molecule has 24 heavy (non-hydrogen) atoms. The average Bonchev–Trinajstić information content (AvgIpc) is 2.99. The fourth-order valence-corrected chi connectivity index (χ4v) is 4.57. The quantitative estimate of drug-likeness (QED) is 0.583. The van der Waals surface area contributed by atoms with E-state index in [4.69, 9.17) is 0 Å². The minimum atomic E-state index is 0.0450. The summed E-state index contributed by atoms with van der Waals surface area (Å²) in [7, 11) is 0. The minimum Gasteiger partial charge on any atom is -0.326 e. The zero-order valence-corrected chi connectivity index (χ0v) is 16.0. The number of rotatable bonds is 6. The summed E-state index contributed by atoms with van der Waals surface area (Å²) in [4.78, 5) is 17.8. The lowest BCUT2D eigenvalue weighted by Gasteiger charge is -2.05. The number of aryl methyl sites for hydroxylation is 1. The van der Waals surface area contributed by atoms with Gasteiger partial charge in [0.25, 0.3) is 0 Å². The normalized spacial score (nSPS) is 10.9. The predicted molar refractivity (Wildman–Crippen MR) is 107 cm³/mol. The molecule has 0 aliphatic carbocycles. The van der Waals surface area contributed by atoms with Crippen LogP contribution in [0.2, 0.25) is 0 Å². The molecule has 2 aromatic carbocycles. The summed E-state index contributed by atoms with van der Waals surface area (Å²) in [5.41, 5.74) is 3.07. The maximum Gasteiger partial charge on any atom is 0.225 e. The number of hydrogen-bond acceptors (Lipinski definition) is 5. The van der Waals surface area contributed by atoms with E-state index >= 15 is 0 Å². The number of carbonyl (C=O) groups is 1. The molecular formula is C18H18N2OS3. The Morgan fingerprint density at radius 2 is 2.00 bits per heavy atom. The first kappa shape index (κ1) is 17.3. The van der Waals surface area contributed by atoms with Crippen LogP contribution in [0.25, 0.3) is 10.2 Å². The van der Waals surface area contributed by atoms with Crippen molar-refractivity contribution in [3.8, 4) is 0 Å². The van der Waals surface area contributed by atoms with E-state index in [1.165, 1.54) is 10.5 Å². The maximum atomic E-state index is 12.1. The molecule has 0 aliphatic rings. The number of aromatic nitrogens is 1. The number of benzene rings is 2. The second kappa shape index (κ2) is 8.05. The first-order valence-corrected chi connectivity index (χ1v) is 10.6. The Labute approximate surface area is 154 Å². The molecule has 0 spiro atoms. The van der Waals surface area contributed by atoms with Crippen LogP contribution in [0.1, 0.15) is 12.0 Å². The third-order valence-corrected chi connectivity index (χ3v) is 6.46. The number of fused-ring (bicyclic) bond motifs is 1. The Morgan fingerprint density at radius 1 is 1.21 bits per heavy atom. The van der Waals surface area contributed by atoms with Crippen LogP contribution in [0.4, 0.5) is 5.69 Å². The molecule has 0 saturated heterocycles. The van der Waals surface area contributed by atoms with Crippen LogP contribution in [0, 0.1) is 6.92 Å². The predicted octanol–water partition coefficient (Wildman–Crippen LogP) is 5.45. The van der Waals surface area contributed by atoms with Gasteiger partial charge in [-0.15, -0.1) is 23.1 Å². The van der Waals surface area contributed by atoms with Gasteiger partial charge in [-0.1, -0.05) is 29.5 Å². The molecule has 3 rings (SSSR count). The van der Waals surface area contributed by atoms with Crippen molar-refractivity contribution >= 4 is 56.7 Å². The van der Waals surface area contributed by atoms with Crippen LogP contribution < -0.4 is 5.32 Å². The molecule has 0 radical (unpaired) electrons. The van der Waals surface area contributed by atoms with Crippen molar-refractivity contribution in [3.05, 3.63) is 48.0 Å². The zero-order valence-electron chi connectivity index (χ0n) is 13.5. The van der Waals surface area contributed by atoms with Crippen LogP contribution >= 0.6 is 34.9 Å². The number of nitrogens with one attached hydrogen (secondary N) is 1. The summed E-state index contributed by atoms with van der Waals surface area (Å²) in [6, 6.07) is 14.3. The van der Waals surface area contributed by atoms with E-state index in [2.05, 4.69) is 41.5 Å². The summed E-state index contributed by atoms with van der Waals surface area (Å²) in [6.07, 6.45) is 2.52. The average molecular weight is 375 g/mol. The topological polar surface area (TPSA) is 42.0 Å². The van der Waals surface area contributed by atoms with Gasteiger partial charge in [-0.3, -0.25) is 4.79 Å². The van der Waals surface area contributed by atoms with Gasteiger partial charge < -0.3 is 5.32 Å². The van der Waals surface area contributed by atoms with E-state index < -0.39 is 0 Å². The number of thioether (sulfide) groups is 2. The van der Waals surface area contributed by atoms with Crippen molar-refractivity contribution < 1.29 is 4.79 Å². The van der Waals surface area contributed by atoms with Gasteiger partial charge in [-0.2, -0.15) is 0 Å². The largest absolute Gasteiger partial charge is 0.326 e. The smallest absolute Gasteiger partial charge is 0.225 e. The van der Waals surface area contributed by atoms with Crippen LogP contribution in [-0.2, 0) is 4.79 Å². The van der Waals surface area contributed by atoms with Crippen molar-refractivity contribution in [2.75, 3.05) is 17.3 Å². The third kappa shape index (κ3) is 4.53. The fourth-order valence-electron chi connectivity index (χ4n) is 2.19. The summed E-state index contributed by atoms with van der Waals surface area (Å²) in [5, 5.41) is 2.98. The maximum absolute atomic E-state index is 12.1. The molecule has 3 aromatic rings. The Kier molecular flexibility index (Phi) is 5.81. The molecule has 0 aliphatic heterocycles. The van der Waals surface area contributed by atoms with Crippen molar-refractivity contribution in [1.29, 1.82) is 0 Å². The Bertz CT molecular complexity index is 843. The summed E-state index contributed by atoms with van der Waals surface area (Å²) >= 11 is 5.00.